The number of ether oxygens (including phenoxy) is 2. The van der Waals surface area contributed by atoms with E-state index in [4.69, 9.17) is 9.47 Å². The van der Waals surface area contributed by atoms with Crippen LogP contribution in [0.5, 0.6) is 5.75 Å². The van der Waals surface area contributed by atoms with Gasteiger partial charge in [0.25, 0.3) is 0 Å². The molecule has 1 saturated heterocycles. The molecule has 1 aliphatic rings. The third-order valence-corrected chi connectivity index (χ3v) is 8.25. The molecular formula is C23H29NO5S. The zero-order chi connectivity index (χ0) is 21.6. The minimum Gasteiger partial charge on any atom is -0.497 e. The van der Waals surface area contributed by atoms with Crippen LogP contribution in [0.2, 0.25) is 0 Å². The molecule has 0 amide bonds. The highest BCUT2D eigenvalue weighted by Gasteiger charge is 2.54. The summed E-state index contributed by atoms with van der Waals surface area (Å²) in [6.07, 6.45) is 1.32. The lowest BCUT2D eigenvalue weighted by atomic mass is 9.95. The van der Waals surface area contributed by atoms with Crippen LogP contribution >= 0.6 is 0 Å². The van der Waals surface area contributed by atoms with E-state index in [9.17, 15) is 13.2 Å². The molecule has 6 nitrogen and oxygen atoms in total. The van der Waals surface area contributed by atoms with Gasteiger partial charge >= 0.3 is 5.97 Å². The van der Waals surface area contributed by atoms with Crippen LogP contribution in [-0.2, 0) is 25.8 Å². The molecule has 2 aromatic rings. The van der Waals surface area contributed by atoms with E-state index < -0.39 is 20.6 Å². The number of piperidine rings is 1. The van der Waals surface area contributed by atoms with Crippen molar-refractivity contribution < 1.29 is 22.7 Å². The Morgan fingerprint density at radius 2 is 1.67 bits per heavy atom. The van der Waals surface area contributed by atoms with Gasteiger partial charge in [-0.05, 0) is 56.0 Å². The molecule has 3 rings (SSSR count). The number of likely N-dealkylation sites (tertiary alicyclic amines) is 1. The zero-order valence-electron chi connectivity index (χ0n) is 17.5. The minimum atomic E-state index is -3.92. The summed E-state index contributed by atoms with van der Waals surface area (Å²) in [5.74, 6) is -0.0848. The number of benzene rings is 2. The van der Waals surface area contributed by atoms with E-state index in [1.165, 1.54) is 24.8 Å². The maximum atomic E-state index is 13.6. The first kappa shape index (κ1) is 22.3. The Balaban J connectivity index is 1.78. The molecule has 0 aromatic heterocycles. The summed E-state index contributed by atoms with van der Waals surface area (Å²) in [5, 5.41) is 0. The summed E-state index contributed by atoms with van der Waals surface area (Å²) in [6.45, 7) is 3.73. The van der Waals surface area contributed by atoms with Gasteiger partial charge in [0.2, 0.25) is 0 Å². The van der Waals surface area contributed by atoms with Crippen molar-refractivity contribution in [3.63, 3.8) is 0 Å². The average molecular weight is 432 g/mol. The molecule has 0 radical (unpaired) electrons. The summed E-state index contributed by atoms with van der Waals surface area (Å²) in [6, 6.07) is 16.4. The number of hydrogen-bond acceptors (Lipinski definition) is 6. The van der Waals surface area contributed by atoms with Crippen LogP contribution in [-0.4, -0.2) is 57.4 Å². The predicted octanol–water partition coefficient (Wildman–Crippen LogP) is 3.11. The number of carbonyl (C=O) groups is 1. The fraction of sp³-hybridized carbons (Fsp3) is 0.435. The number of hydrogen-bond donors (Lipinski definition) is 0. The van der Waals surface area contributed by atoms with Gasteiger partial charge < -0.3 is 14.4 Å². The Kier molecular flexibility index (Phi) is 7.15. The van der Waals surface area contributed by atoms with Gasteiger partial charge in [0.1, 0.15) is 5.75 Å². The summed E-state index contributed by atoms with van der Waals surface area (Å²) < 4.78 is 35.9. The molecule has 30 heavy (non-hydrogen) atoms. The van der Waals surface area contributed by atoms with Crippen LogP contribution in [0.4, 0.5) is 0 Å². The van der Waals surface area contributed by atoms with Gasteiger partial charge in [-0.1, -0.05) is 30.3 Å². The van der Waals surface area contributed by atoms with Gasteiger partial charge in [0, 0.05) is 19.6 Å². The normalized spacial score (nSPS) is 16.7. The third-order valence-electron chi connectivity index (χ3n) is 5.75. The smallest absolute Gasteiger partial charge is 0.327 e. The third kappa shape index (κ3) is 4.52. The van der Waals surface area contributed by atoms with Crippen molar-refractivity contribution in [1.29, 1.82) is 0 Å². The van der Waals surface area contributed by atoms with Crippen molar-refractivity contribution in [3.8, 4) is 5.75 Å². The highest BCUT2D eigenvalue weighted by molar-refractivity contribution is 7.93. The summed E-state index contributed by atoms with van der Waals surface area (Å²) >= 11 is 0. The molecule has 0 N–H and O–H groups in total. The molecule has 162 valence electrons. The highest BCUT2D eigenvalue weighted by Crippen LogP contribution is 2.37. The zero-order valence-corrected chi connectivity index (χ0v) is 18.4. The standard InChI is InChI=1S/C23H29NO5S/c1-3-29-22(25)23(30(26,27)21-11-9-20(28-2)10-12-21)14-17-24(18-15-23)16-13-19-7-5-4-6-8-19/h4-12H,3,13-18H2,1-2H3. The van der Waals surface area contributed by atoms with Gasteiger partial charge in [0.05, 0.1) is 18.6 Å². The Bertz CT molecular complexity index is 933. The second-order valence-electron chi connectivity index (χ2n) is 7.47. The maximum Gasteiger partial charge on any atom is 0.327 e. The van der Waals surface area contributed by atoms with Crippen molar-refractivity contribution in [2.75, 3.05) is 33.4 Å². The molecule has 0 bridgehead atoms. The minimum absolute atomic E-state index is 0.120. The maximum absolute atomic E-state index is 13.6. The molecule has 1 fully saturated rings. The number of methoxy groups -OCH3 is 1. The fourth-order valence-corrected chi connectivity index (χ4v) is 5.84. The van der Waals surface area contributed by atoms with E-state index in [0.29, 0.717) is 18.8 Å². The largest absolute Gasteiger partial charge is 0.497 e. The van der Waals surface area contributed by atoms with Crippen molar-refractivity contribution in [1.82, 2.24) is 4.90 Å². The lowest BCUT2D eigenvalue weighted by Crippen LogP contribution is -2.55. The van der Waals surface area contributed by atoms with Gasteiger partial charge in [-0.15, -0.1) is 0 Å². The molecule has 1 heterocycles. The van der Waals surface area contributed by atoms with E-state index in [1.54, 1.807) is 19.1 Å². The number of nitrogens with zero attached hydrogens (tertiary/aromatic N) is 1. The van der Waals surface area contributed by atoms with Crippen molar-refractivity contribution >= 4 is 15.8 Å². The van der Waals surface area contributed by atoms with Gasteiger partial charge in [0.15, 0.2) is 14.6 Å². The van der Waals surface area contributed by atoms with Crippen LogP contribution in [0.1, 0.15) is 25.3 Å². The Morgan fingerprint density at radius 1 is 1.03 bits per heavy atom. The SMILES string of the molecule is CCOC(=O)C1(S(=O)(=O)c2ccc(OC)cc2)CCN(CCc2ccccc2)CC1. The molecule has 0 unspecified atom stereocenters. The number of rotatable bonds is 8. The quantitative estimate of drug-likeness (QED) is 0.598. The summed E-state index contributed by atoms with van der Waals surface area (Å²) in [5.41, 5.74) is 1.24. The monoisotopic (exact) mass is 431 g/mol. The molecule has 0 spiro atoms. The lowest BCUT2D eigenvalue weighted by molar-refractivity contribution is -0.147. The van der Waals surface area contributed by atoms with Gasteiger partial charge in [-0.2, -0.15) is 0 Å². The molecular weight excluding hydrogens is 402 g/mol. The summed E-state index contributed by atoms with van der Waals surface area (Å²) in [4.78, 5) is 15.2. The molecule has 7 heteroatoms. The first-order chi connectivity index (χ1) is 14.4. The summed E-state index contributed by atoms with van der Waals surface area (Å²) in [7, 11) is -2.39. The highest BCUT2D eigenvalue weighted by atomic mass is 32.2. The first-order valence-corrected chi connectivity index (χ1v) is 11.7. The van der Waals surface area contributed by atoms with Crippen LogP contribution in [0.15, 0.2) is 59.5 Å². The predicted molar refractivity (Wildman–Crippen MR) is 115 cm³/mol. The Labute approximate surface area is 178 Å². The number of carbonyl (C=O) groups excluding carboxylic acids is 1. The fourth-order valence-electron chi connectivity index (χ4n) is 3.90. The van der Waals surface area contributed by atoms with Crippen molar-refractivity contribution in [3.05, 3.63) is 60.2 Å². The van der Waals surface area contributed by atoms with E-state index in [0.717, 1.165) is 13.0 Å². The van der Waals surface area contributed by atoms with E-state index in [2.05, 4.69) is 17.0 Å². The second-order valence-corrected chi connectivity index (χ2v) is 9.73. The Hall–Kier alpha value is -2.38. The molecule has 0 saturated carbocycles. The van der Waals surface area contributed by atoms with Crippen LogP contribution < -0.4 is 4.74 Å². The van der Waals surface area contributed by atoms with Crippen LogP contribution in [0.25, 0.3) is 0 Å². The topological polar surface area (TPSA) is 72.9 Å². The van der Waals surface area contributed by atoms with Gasteiger partial charge in [-0.3, -0.25) is 4.79 Å². The molecule has 2 aromatic carbocycles. The molecule has 1 aliphatic heterocycles. The number of sulfone groups is 1. The van der Waals surface area contributed by atoms with E-state index in [-0.39, 0.29) is 24.3 Å². The average Bonchev–Trinajstić information content (AvgIpc) is 2.78. The van der Waals surface area contributed by atoms with E-state index in [1.807, 2.05) is 18.2 Å². The first-order valence-electron chi connectivity index (χ1n) is 10.2. The van der Waals surface area contributed by atoms with Gasteiger partial charge in [-0.25, -0.2) is 8.42 Å². The second kappa shape index (κ2) is 9.62. The van der Waals surface area contributed by atoms with Crippen molar-refractivity contribution in [2.24, 2.45) is 0 Å². The van der Waals surface area contributed by atoms with Crippen LogP contribution in [0, 0.1) is 0 Å². The Morgan fingerprint density at radius 3 is 2.23 bits per heavy atom. The van der Waals surface area contributed by atoms with Crippen LogP contribution in [0.3, 0.4) is 0 Å². The number of esters is 1. The molecule has 0 atom stereocenters. The van der Waals surface area contributed by atoms with Crippen molar-refractivity contribution in [2.45, 2.75) is 35.8 Å². The molecule has 0 aliphatic carbocycles. The van der Waals surface area contributed by atoms with E-state index >= 15 is 0 Å². The lowest BCUT2D eigenvalue weighted by Gasteiger charge is -2.39.